The molecule has 5 nitrogen and oxygen atoms in total. The third-order valence-electron chi connectivity index (χ3n) is 10.0. The molecule has 5 heteroatoms. The van der Waals surface area contributed by atoms with E-state index in [0.29, 0.717) is 5.56 Å². The number of nitrogens with zero attached hydrogens (tertiary/aromatic N) is 5. The molecule has 12 aromatic rings. The molecule has 0 aliphatic carbocycles. The minimum absolute atomic E-state index is 0.170. The van der Waals surface area contributed by atoms with Gasteiger partial charge in [0.25, 0.3) is 0 Å². The van der Waals surface area contributed by atoms with Gasteiger partial charge in [0.1, 0.15) is 0 Å². The zero-order chi connectivity index (χ0) is 53.3. The van der Waals surface area contributed by atoms with Crippen molar-refractivity contribution in [3.05, 3.63) is 188 Å². The van der Waals surface area contributed by atoms with Crippen LogP contribution in [0.25, 0.3) is 110 Å². The molecular weight excluding hydrogens is 683 g/mol. The van der Waals surface area contributed by atoms with E-state index in [1.807, 2.05) is 60.7 Å². The highest BCUT2D eigenvalue weighted by molar-refractivity contribution is 6.25. The van der Waals surface area contributed by atoms with Crippen molar-refractivity contribution in [1.82, 2.24) is 24.1 Å². The van der Waals surface area contributed by atoms with Crippen LogP contribution in [0.2, 0.25) is 0 Å². The van der Waals surface area contributed by atoms with Crippen molar-refractivity contribution < 1.29 is 26.0 Å². The summed E-state index contributed by atoms with van der Waals surface area (Å²) < 4.78 is 173. The number of hydrogen-bond acceptors (Lipinski definition) is 3. The van der Waals surface area contributed by atoms with Crippen LogP contribution in [-0.4, -0.2) is 24.1 Å². The van der Waals surface area contributed by atoms with E-state index in [2.05, 4.69) is 0 Å². The lowest BCUT2D eigenvalue weighted by Crippen LogP contribution is -2.10. The van der Waals surface area contributed by atoms with Gasteiger partial charge in [0, 0.05) is 27.1 Å². The van der Waals surface area contributed by atoms with Gasteiger partial charge in [-0.05, 0) is 73.7 Å². The third-order valence-corrected chi connectivity index (χ3v) is 10.0. The van der Waals surface area contributed by atoms with Crippen molar-refractivity contribution in [3.63, 3.8) is 0 Å². The number of aromatic nitrogens is 5. The topological polar surface area (TPSA) is 48.5 Å². The molecule has 0 atom stereocenters. The van der Waals surface area contributed by atoms with Gasteiger partial charge in [0.05, 0.1) is 48.1 Å². The molecule has 0 bridgehead atoms. The average Bonchev–Trinajstić information content (AvgIpc) is 4.10. The standard InChI is InChI=1S/C51H31N5/c1-2-14-32(15-3-1)33-26-29-43-42-22-10-13-25-47(42)56(48(43)31-33)51-53-49(52-50(54-51)55-45-23-11-8-20-40(45)41-21-9-12-24-46(41)55)34-27-28-39-37-18-5-4-16-35(37)36-17-6-7-19-38(36)44(39)30-34/h1-31H/i1D,2D,3D,8D,9D,10D,11D,12D,14D,15D,20D,21D,22D,23D,24D,25D,26D,29D,31D. The summed E-state index contributed by atoms with van der Waals surface area (Å²) in [5.74, 6) is -1.17. The number of para-hydroxylation sites is 3. The van der Waals surface area contributed by atoms with E-state index in [1.54, 1.807) is 6.07 Å². The number of hydrogen-bond donors (Lipinski definition) is 0. The second-order valence-electron chi connectivity index (χ2n) is 13.0. The largest absolute Gasteiger partial charge is 0.278 e. The maximum Gasteiger partial charge on any atom is 0.240 e. The van der Waals surface area contributed by atoms with E-state index in [4.69, 9.17) is 31.4 Å². The smallest absolute Gasteiger partial charge is 0.240 e. The molecule has 0 aliphatic rings. The SMILES string of the molecule is [2H]c1cc([2H])c2c(c1[2H])c1c([2H])c([2H])c(-c3c([2H])c([2H])c([2H])c([2H])c3[2H])c([2H])c1n2-c1nc(-c2ccc3c4ccccc4c4ccccc4c3c2)nc(-n2c3c([2H])c([2H])c([2H])c([2H])c3c3c([2H])c([2H])c([2H])c([2H])c32)n1. The Kier molecular flexibility index (Phi) is 3.77. The summed E-state index contributed by atoms with van der Waals surface area (Å²) in [6, 6.07) is 8.99. The van der Waals surface area contributed by atoms with E-state index in [1.165, 1.54) is 0 Å². The zero-order valence-corrected chi connectivity index (χ0v) is 28.7. The Bertz CT molecular complexity index is 4520. The molecule has 0 amide bonds. The molecule has 0 spiro atoms. The van der Waals surface area contributed by atoms with Gasteiger partial charge in [-0.1, -0.05) is 157 Å². The fraction of sp³-hybridized carbons (Fsp3) is 0. The highest BCUT2D eigenvalue weighted by Gasteiger charge is 2.21. The minimum Gasteiger partial charge on any atom is -0.278 e. The zero-order valence-electron chi connectivity index (χ0n) is 47.7. The van der Waals surface area contributed by atoms with Crippen LogP contribution in [0.1, 0.15) is 26.0 Å². The molecule has 12 rings (SSSR count). The Balaban J connectivity index is 1.31. The van der Waals surface area contributed by atoms with Crippen LogP contribution in [0.15, 0.2) is 188 Å². The molecule has 0 saturated carbocycles. The number of benzene rings is 9. The highest BCUT2D eigenvalue weighted by atomic mass is 15.3. The molecule has 0 unspecified atom stereocenters. The molecule has 3 heterocycles. The second-order valence-corrected chi connectivity index (χ2v) is 13.0. The molecule has 260 valence electrons. The maximum atomic E-state index is 9.90. The van der Waals surface area contributed by atoms with E-state index in [0.717, 1.165) is 47.5 Å². The van der Waals surface area contributed by atoms with Crippen molar-refractivity contribution in [2.24, 2.45) is 0 Å². The number of fused-ring (bicyclic) bond motifs is 12. The van der Waals surface area contributed by atoms with Crippen LogP contribution in [0, 0.1) is 0 Å². The first kappa shape index (κ1) is 17.7. The van der Waals surface area contributed by atoms with Crippen molar-refractivity contribution in [2.45, 2.75) is 0 Å². The van der Waals surface area contributed by atoms with Gasteiger partial charge in [-0.15, -0.1) is 0 Å². The predicted molar refractivity (Wildman–Crippen MR) is 232 cm³/mol. The van der Waals surface area contributed by atoms with Crippen LogP contribution in [0.3, 0.4) is 0 Å². The van der Waals surface area contributed by atoms with Crippen molar-refractivity contribution in [2.75, 3.05) is 0 Å². The number of rotatable bonds is 4. The summed E-state index contributed by atoms with van der Waals surface area (Å²) in [6.07, 6.45) is 0. The first-order valence-corrected chi connectivity index (χ1v) is 17.4. The fourth-order valence-electron chi connectivity index (χ4n) is 7.61. The summed E-state index contributed by atoms with van der Waals surface area (Å²) in [5.41, 5.74) is -2.25. The van der Waals surface area contributed by atoms with Crippen molar-refractivity contribution >= 4 is 75.9 Å². The molecule has 3 aromatic heterocycles. The van der Waals surface area contributed by atoms with E-state index in [-0.39, 0.29) is 43.9 Å². The highest BCUT2D eigenvalue weighted by Crippen LogP contribution is 2.39. The third kappa shape index (κ3) is 4.52. The first-order valence-electron chi connectivity index (χ1n) is 26.9. The summed E-state index contributed by atoms with van der Waals surface area (Å²) in [5, 5.41) is 4.11. The van der Waals surface area contributed by atoms with Gasteiger partial charge in [0.2, 0.25) is 11.9 Å². The van der Waals surface area contributed by atoms with E-state index < -0.39 is 143 Å². The first-order chi connectivity index (χ1) is 35.7. The van der Waals surface area contributed by atoms with Gasteiger partial charge in [-0.2, -0.15) is 15.0 Å². The molecule has 0 fully saturated rings. The van der Waals surface area contributed by atoms with Gasteiger partial charge in [0.15, 0.2) is 5.82 Å². The lowest BCUT2D eigenvalue weighted by atomic mass is 9.93. The lowest BCUT2D eigenvalue weighted by Gasteiger charge is -2.14. The van der Waals surface area contributed by atoms with Gasteiger partial charge in [-0.3, -0.25) is 9.13 Å². The van der Waals surface area contributed by atoms with Gasteiger partial charge >= 0.3 is 0 Å². The Morgan fingerprint density at radius 1 is 0.339 bits per heavy atom. The monoisotopic (exact) mass is 732 g/mol. The second kappa shape index (κ2) is 11.9. The van der Waals surface area contributed by atoms with Gasteiger partial charge in [-0.25, -0.2) is 0 Å². The van der Waals surface area contributed by atoms with E-state index in [9.17, 15) is 9.60 Å². The van der Waals surface area contributed by atoms with Crippen LogP contribution < -0.4 is 0 Å². The Morgan fingerprint density at radius 3 is 1.52 bits per heavy atom. The minimum atomic E-state index is -0.790. The summed E-state index contributed by atoms with van der Waals surface area (Å²) in [7, 11) is 0. The van der Waals surface area contributed by atoms with Gasteiger partial charge < -0.3 is 0 Å². The molecule has 0 N–H and O–H groups in total. The Labute approximate surface area is 348 Å². The summed E-state index contributed by atoms with van der Waals surface area (Å²) in [4.78, 5) is 14.7. The lowest BCUT2D eigenvalue weighted by molar-refractivity contribution is 0.893. The predicted octanol–water partition coefficient (Wildman–Crippen LogP) is 12.9. The molecule has 9 aromatic carbocycles. The maximum absolute atomic E-state index is 9.90. The summed E-state index contributed by atoms with van der Waals surface area (Å²) in [6.45, 7) is 0. The Morgan fingerprint density at radius 2 is 0.857 bits per heavy atom. The quantitative estimate of drug-likeness (QED) is 0.169. The summed E-state index contributed by atoms with van der Waals surface area (Å²) >= 11 is 0. The molecule has 56 heavy (non-hydrogen) atoms. The van der Waals surface area contributed by atoms with E-state index >= 15 is 0 Å². The fourth-order valence-corrected chi connectivity index (χ4v) is 7.61. The van der Waals surface area contributed by atoms with Crippen LogP contribution in [0.4, 0.5) is 0 Å². The molecule has 0 radical (unpaired) electrons. The van der Waals surface area contributed by atoms with Crippen LogP contribution in [-0.2, 0) is 0 Å². The normalized spacial score (nSPS) is 16.7. The Hall–Kier alpha value is -7.63. The van der Waals surface area contributed by atoms with Crippen molar-refractivity contribution in [1.29, 1.82) is 0 Å². The molecule has 0 aliphatic heterocycles. The average molecular weight is 733 g/mol. The molecule has 0 saturated heterocycles. The molecular formula is C51H31N5. The van der Waals surface area contributed by atoms with Crippen LogP contribution in [0.5, 0.6) is 0 Å². The van der Waals surface area contributed by atoms with Crippen LogP contribution >= 0.6 is 0 Å². The van der Waals surface area contributed by atoms with Crippen molar-refractivity contribution in [3.8, 4) is 34.4 Å².